The molecular weight excluding hydrogens is 296 g/mol. The molecular formula is C14H11ClN2O4. The molecule has 2 aromatic carbocycles. The van der Waals surface area contributed by atoms with Crippen LogP contribution in [0, 0.1) is 10.1 Å². The van der Waals surface area contributed by atoms with E-state index in [2.05, 4.69) is 5.32 Å². The van der Waals surface area contributed by atoms with Crippen molar-refractivity contribution in [2.24, 2.45) is 0 Å². The summed E-state index contributed by atoms with van der Waals surface area (Å²) in [6.07, 6.45) is 0. The lowest BCUT2D eigenvalue weighted by atomic mass is 10.1. The number of hydrogen-bond donors (Lipinski definition) is 1. The van der Waals surface area contributed by atoms with Crippen LogP contribution in [0.15, 0.2) is 42.5 Å². The Morgan fingerprint density at radius 2 is 2.00 bits per heavy atom. The van der Waals surface area contributed by atoms with Gasteiger partial charge in [-0.25, -0.2) is 0 Å². The van der Waals surface area contributed by atoms with Gasteiger partial charge in [0.25, 0.3) is 11.6 Å². The number of halogens is 1. The van der Waals surface area contributed by atoms with Crippen molar-refractivity contribution in [2.45, 2.75) is 0 Å². The third-order valence-electron chi connectivity index (χ3n) is 2.76. The second kappa shape index (κ2) is 6.23. The fourth-order valence-corrected chi connectivity index (χ4v) is 1.95. The van der Waals surface area contributed by atoms with Gasteiger partial charge in [0.15, 0.2) is 0 Å². The molecule has 0 radical (unpaired) electrons. The average molecular weight is 307 g/mol. The lowest BCUT2D eigenvalue weighted by molar-refractivity contribution is -0.383. The number of nitro groups is 1. The minimum Gasteiger partial charge on any atom is -0.496 e. The first-order chi connectivity index (χ1) is 10.0. The zero-order chi connectivity index (χ0) is 15.4. The Labute approximate surface area is 125 Å². The molecule has 0 spiro atoms. The number of rotatable bonds is 4. The highest BCUT2D eigenvalue weighted by Gasteiger charge is 2.18. The first-order valence-electron chi connectivity index (χ1n) is 5.91. The number of carbonyl (C=O) groups excluding carboxylic acids is 1. The van der Waals surface area contributed by atoms with Crippen molar-refractivity contribution in [1.29, 1.82) is 0 Å². The summed E-state index contributed by atoms with van der Waals surface area (Å²) < 4.78 is 5.09. The van der Waals surface area contributed by atoms with E-state index in [0.29, 0.717) is 5.75 Å². The van der Waals surface area contributed by atoms with Gasteiger partial charge in [-0.3, -0.25) is 14.9 Å². The number of hydrogen-bond acceptors (Lipinski definition) is 4. The van der Waals surface area contributed by atoms with E-state index in [-0.39, 0.29) is 22.0 Å². The van der Waals surface area contributed by atoms with E-state index < -0.39 is 10.8 Å². The maximum absolute atomic E-state index is 12.2. The molecule has 0 aromatic heterocycles. The van der Waals surface area contributed by atoms with Crippen LogP contribution in [-0.2, 0) is 0 Å². The van der Waals surface area contributed by atoms with Gasteiger partial charge < -0.3 is 10.1 Å². The Balaban J connectivity index is 2.34. The number of para-hydroxylation sites is 1. The Bertz CT molecular complexity index is 703. The molecule has 2 rings (SSSR count). The number of ether oxygens (including phenoxy) is 1. The number of nitrogens with one attached hydrogen (secondary N) is 1. The fourth-order valence-electron chi connectivity index (χ4n) is 1.78. The molecule has 6 nitrogen and oxygen atoms in total. The molecule has 108 valence electrons. The van der Waals surface area contributed by atoms with E-state index in [0.717, 1.165) is 0 Å². The van der Waals surface area contributed by atoms with Crippen LogP contribution in [0.2, 0.25) is 5.02 Å². The van der Waals surface area contributed by atoms with Crippen molar-refractivity contribution >= 4 is 28.9 Å². The molecule has 2 aromatic rings. The van der Waals surface area contributed by atoms with Crippen LogP contribution < -0.4 is 10.1 Å². The van der Waals surface area contributed by atoms with E-state index in [1.807, 2.05) is 0 Å². The number of amides is 1. The summed E-state index contributed by atoms with van der Waals surface area (Å²) in [6, 6.07) is 10.6. The van der Waals surface area contributed by atoms with Gasteiger partial charge in [-0.2, -0.15) is 0 Å². The molecule has 1 N–H and O–H groups in total. The molecule has 0 unspecified atom stereocenters. The maximum Gasteiger partial charge on any atom is 0.294 e. The minimum absolute atomic E-state index is 0.0697. The van der Waals surface area contributed by atoms with Gasteiger partial charge in [-0.15, -0.1) is 0 Å². The van der Waals surface area contributed by atoms with Crippen molar-refractivity contribution in [3.05, 3.63) is 63.2 Å². The van der Waals surface area contributed by atoms with Crippen molar-refractivity contribution in [3.8, 4) is 5.75 Å². The van der Waals surface area contributed by atoms with E-state index >= 15 is 0 Å². The van der Waals surface area contributed by atoms with Crippen molar-refractivity contribution in [3.63, 3.8) is 0 Å². The molecule has 0 saturated heterocycles. The summed E-state index contributed by atoms with van der Waals surface area (Å²) in [5.41, 5.74) is 0.0790. The number of nitro benzene ring substituents is 1. The summed E-state index contributed by atoms with van der Waals surface area (Å²) in [5, 5.41) is 13.7. The Morgan fingerprint density at radius 1 is 1.29 bits per heavy atom. The normalized spacial score (nSPS) is 10.0. The van der Waals surface area contributed by atoms with Crippen LogP contribution in [0.3, 0.4) is 0 Å². The van der Waals surface area contributed by atoms with Crippen molar-refractivity contribution in [2.75, 3.05) is 12.4 Å². The summed E-state index contributed by atoms with van der Waals surface area (Å²) in [4.78, 5) is 22.6. The van der Waals surface area contributed by atoms with Gasteiger partial charge >= 0.3 is 0 Å². The zero-order valence-electron chi connectivity index (χ0n) is 11.0. The number of carbonyl (C=O) groups is 1. The van der Waals surface area contributed by atoms with E-state index in [4.69, 9.17) is 16.3 Å². The number of benzene rings is 2. The lowest BCUT2D eigenvalue weighted by Gasteiger charge is -2.09. The van der Waals surface area contributed by atoms with E-state index in [9.17, 15) is 14.9 Å². The highest BCUT2D eigenvalue weighted by atomic mass is 35.5. The van der Waals surface area contributed by atoms with Crippen LogP contribution >= 0.6 is 11.6 Å². The smallest absolute Gasteiger partial charge is 0.294 e. The molecule has 1 amide bonds. The van der Waals surface area contributed by atoms with Gasteiger partial charge in [-0.1, -0.05) is 23.7 Å². The molecule has 7 heteroatoms. The molecule has 21 heavy (non-hydrogen) atoms. The van der Waals surface area contributed by atoms with E-state index in [1.165, 1.54) is 25.3 Å². The second-order valence-corrected chi connectivity index (χ2v) is 4.51. The van der Waals surface area contributed by atoms with Crippen molar-refractivity contribution < 1.29 is 14.5 Å². The summed E-state index contributed by atoms with van der Waals surface area (Å²) in [7, 11) is 1.44. The Kier molecular flexibility index (Phi) is 4.39. The van der Waals surface area contributed by atoms with E-state index in [1.54, 1.807) is 24.3 Å². The first kappa shape index (κ1) is 14.8. The topological polar surface area (TPSA) is 81.5 Å². The van der Waals surface area contributed by atoms with Crippen LogP contribution in [-0.4, -0.2) is 17.9 Å². The Hall–Kier alpha value is -2.60. The monoisotopic (exact) mass is 306 g/mol. The molecule has 0 fully saturated rings. The lowest BCUT2D eigenvalue weighted by Crippen LogP contribution is -2.14. The minimum atomic E-state index is -0.607. The van der Waals surface area contributed by atoms with Crippen LogP contribution in [0.5, 0.6) is 5.75 Å². The Morgan fingerprint density at radius 3 is 2.67 bits per heavy atom. The van der Waals surface area contributed by atoms with Gasteiger partial charge in [0.05, 0.1) is 17.6 Å². The summed E-state index contributed by atoms with van der Waals surface area (Å²) >= 11 is 5.72. The standard InChI is InChI=1S/C14H11ClN2O4/c1-21-13-5-3-2-4-10(13)14(18)16-11-7-6-9(15)8-12(11)17(19)20/h2-8H,1H3,(H,16,18). The van der Waals surface area contributed by atoms with Gasteiger partial charge in [0, 0.05) is 11.1 Å². The molecule has 0 atom stereocenters. The highest BCUT2D eigenvalue weighted by Crippen LogP contribution is 2.29. The van der Waals surface area contributed by atoms with Gasteiger partial charge in [-0.05, 0) is 24.3 Å². The number of methoxy groups -OCH3 is 1. The summed E-state index contributed by atoms with van der Waals surface area (Å²) in [6.45, 7) is 0. The number of anilines is 1. The molecule has 0 aliphatic carbocycles. The van der Waals surface area contributed by atoms with Crippen molar-refractivity contribution in [1.82, 2.24) is 0 Å². The molecule has 0 aliphatic rings. The second-order valence-electron chi connectivity index (χ2n) is 4.07. The molecule has 0 heterocycles. The molecule has 0 aliphatic heterocycles. The quantitative estimate of drug-likeness (QED) is 0.692. The molecule has 0 saturated carbocycles. The van der Waals surface area contributed by atoms with Crippen LogP contribution in [0.25, 0.3) is 0 Å². The van der Waals surface area contributed by atoms with Gasteiger partial charge in [0.2, 0.25) is 0 Å². The molecule has 0 bridgehead atoms. The number of nitrogens with zero attached hydrogens (tertiary/aromatic N) is 1. The zero-order valence-corrected chi connectivity index (χ0v) is 11.8. The van der Waals surface area contributed by atoms with Crippen LogP contribution in [0.4, 0.5) is 11.4 Å². The van der Waals surface area contributed by atoms with Gasteiger partial charge in [0.1, 0.15) is 11.4 Å². The largest absolute Gasteiger partial charge is 0.496 e. The summed E-state index contributed by atoms with van der Waals surface area (Å²) in [5.74, 6) is -0.121. The average Bonchev–Trinajstić information content (AvgIpc) is 2.48. The predicted octanol–water partition coefficient (Wildman–Crippen LogP) is 3.51. The third-order valence-corrected chi connectivity index (χ3v) is 2.99. The maximum atomic E-state index is 12.2. The first-order valence-corrected chi connectivity index (χ1v) is 6.29. The van der Waals surface area contributed by atoms with Crippen LogP contribution in [0.1, 0.15) is 10.4 Å². The highest BCUT2D eigenvalue weighted by molar-refractivity contribution is 6.31. The predicted molar refractivity (Wildman–Crippen MR) is 79.1 cm³/mol. The third kappa shape index (κ3) is 3.29. The fraction of sp³-hybridized carbons (Fsp3) is 0.0714. The SMILES string of the molecule is COc1ccccc1C(=O)Nc1ccc(Cl)cc1[N+](=O)[O-].